The first kappa shape index (κ1) is 10.7. The van der Waals surface area contributed by atoms with E-state index in [0.29, 0.717) is 6.61 Å². The largest absolute Gasteiger partial charge is 0.392 e. The summed E-state index contributed by atoms with van der Waals surface area (Å²) in [5.41, 5.74) is 1.13. The minimum Gasteiger partial charge on any atom is -0.392 e. The maximum atomic E-state index is 8.71. The van der Waals surface area contributed by atoms with E-state index in [1.165, 1.54) is 0 Å². The highest BCUT2D eigenvalue weighted by Gasteiger charge is 2.25. The van der Waals surface area contributed by atoms with Gasteiger partial charge in [0.15, 0.2) is 0 Å². The Kier molecular flexibility index (Phi) is 4.42. The second-order valence-corrected chi connectivity index (χ2v) is 3.41. The molecule has 2 atom stereocenters. The van der Waals surface area contributed by atoms with Gasteiger partial charge in [0.1, 0.15) is 0 Å². The van der Waals surface area contributed by atoms with Gasteiger partial charge in [-0.3, -0.25) is 0 Å². The molecule has 13 heavy (non-hydrogen) atoms. The van der Waals surface area contributed by atoms with E-state index in [9.17, 15) is 0 Å². The lowest BCUT2D eigenvalue weighted by Gasteiger charge is -2.13. The zero-order valence-corrected chi connectivity index (χ0v) is 8.32. The maximum absolute atomic E-state index is 8.71. The van der Waals surface area contributed by atoms with E-state index < -0.39 is 0 Å². The highest BCUT2D eigenvalue weighted by atomic mass is 16.5. The zero-order chi connectivity index (χ0) is 9.68. The molecule has 3 nitrogen and oxygen atoms in total. The van der Waals surface area contributed by atoms with Crippen LogP contribution in [0.15, 0.2) is 11.6 Å². The van der Waals surface area contributed by atoms with Crippen molar-refractivity contribution in [2.75, 3.05) is 20.3 Å². The fourth-order valence-electron chi connectivity index (χ4n) is 1.62. The number of hydrogen-bond acceptors (Lipinski definition) is 3. The molecule has 0 radical (unpaired) electrons. The van der Waals surface area contributed by atoms with Crippen LogP contribution in [-0.4, -0.2) is 37.6 Å². The molecule has 0 aromatic rings. The molecular formula is C10H18O3. The van der Waals surface area contributed by atoms with Gasteiger partial charge >= 0.3 is 0 Å². The Morgan fingerprint density at radius 2 is 2.38 bits per heavy atom. The highest BCUT2D eigenvalue weighted by molar-refractivity contribution is 5.07. The number of rotatable bonds is 4. The minimum atomic E-state index is 0.0979. The fraction of sp³-hybridized carbons (Fsp3) is 0.800. The monoisotopic (exact) mass is 186 g/mol. The maximum Gasteiger partial charge on any atom is 0.0817 e. The SMILES string of the molecule is COCC1CC[C@@H](/C(C)=C/CO)O1. The molecule has 0 spiro atoms. The number of methoxy groups -OCH3 is 1. The lowest BCUT2D eigenvalue weighted by atomic mass is 10.1. The lowest BCUT2D eigenvalue weighted by Crippen LogP contribution is -2.16. The molecule has 1 unspecified atom stereocenters. The van der Waals surface area contributed by atoms with Crippen molar-refractivity contribution in [2.45, 2.75) is 32.0 Å². The van der Waals surface area contributed by atoms with Crippen LogP contribution in [0.1, 0.15) is 19.8 Å². The number of aliphatic hydroxyl groups is 1. The Morgan fingerprint density at radius 1 is 1.62 bits per heavy atom. The molecule has 0 bridgehead atoms. The molecule has 0 saturated carbocycles. The average molecular weight is 186 g/mol. The van der Waals surface area contributed by atoms with E-state index in [1.807, 2.05) is 6.92 Å². The minimum absolute atomic E-state index is 0.0979. The molecule has 1 N–H and O–H groups in total. The van der Waals surface area contributed by atoms with Gasteiger partial charge in [0, 0.05) is 7.11 Å². The van der Waals surface area contributed by atoms with Gasteiger partial charge in [-0.15, -0.1) is 0 Å². The fourth-order valence-corrected chi connectivity index (χ4v) is 1.62. The molecular weight excluding hydrogens is 168 g/mol. The van der Waals surface area contributed by atoms with Gasteiger partial charge in [-0.1, -0.05) is 6.08 Å². The van der Waals surface area contributed by atoms with E-state index in [0.717, 1.165) is 18.4 Å². The van der Waals surface area contributed by atoms with Crippen molar-refractivity contribution in [1.82, 2.24) is 0 Å². The molecule has 1 aliphatic heterocycles. The van der Waals surface area contributed by atoms with Crippen LogP contribution in [0.2, 0.25) is 0 Å². The standard InChI is InChI=1S/C10H18O3/c1-8(5-6-11)10-4-3-9(13-10)7-12-2/h5,9-11H,3-4,6-7H2,1-2H3/b8-5+/t9?,10-/m0/s1. The third-order valence-corrected chi connectivity index (χ3v) is 2.38. The number of ether oxygens (including phenoxy) is 2. The van der Waals surface area contributed by atoms with Crippen molar-refractivity contribution in [3.63, 3.8) is 0 Å². The first-order valence-corrected chi connectivity index (χ1v) is 4.69. The van der Waals surface area contributed by atoms with Crippen molar-refractivity contribution < 1.29 is 14.6 Å². The van der Waals surface area contributed by atoms with Gasteiger partial charge in [-0.2, -0.15) is 0 Å². The summed E-state index contributed by atoms with van der Waals surface area (Å²) in [5, 5.41) is 8.71. The summed E-state index contributed by atoms with van der Waals surface area (Å²) in [7, 11) is 1.69. The van der Waals surface area contributed by atoms with Gasteiger partial charge in [0.2, 0.25) is 0 Å². The lowest BCUT2D eigenvalue weighted by molar-refractivity contribution is 0.0111. The highest BCUT2D eigenvalue weighted by Crippen LogP contribution is 2.24. The predicted molar refractivity (Wildman–Crippen MR) is 50.6 cm³/mol. The third kappa shape index (κ3) is 3.10. The van der Waals surface area contributed by atoms with Gasteiger partial charge in [0.05, 0.1) is 25.4 Å². The van der Waals surface area contributed by atoms with Crippen LogP contribution in [0.4, 0.5) is 0 Å². The average Bonchev–Trinajstić information content (AvgIpc) is 2.54. The summed E-state index contributed by atoms with van der Waals surface area (Å²) in [6.45, 7) is 2.76. The van der Waals surface area contributed by atoms with E-state index in [1.54, 1.807) is 13.2 Å². The molecule has 1 aliphatic rings. The second kappa shape index (κ2) is 5.37. The molecule has 76 valence electrons. The molecule has 0 aromatic heterocycles. The summed E-state index contributed by atoms with van der Waals surface area (Å²) in [6, 6.07) is 0. The van der Waals surface area contributed by atoms with E-state index in [-0.39, 0.29) is 18.8 Å². The first-order valence-electron chi connectivity index (χ1n) is 4.69. The molecule has 1 heterocycles. The van der Waals surface area contributed by atoms with Gasteiger partial charge in [-0.25, -0.2) is 0 Å². The Labute approximate surface area is 79.3 Å². The van der Waals surface area contributed by atoms with Gasteiger partial charge < -0.3 is 14.6 Å². The van der Waals surface area contributed by atoms with E-state index in [4.69, 9.17) is 14.6 Å². The molecule has 1 saturated heterocycles. The number of aliphatic hydroxyl groups excluding tert-OH is 1. The molecule has 0 aromatic carbocycles. The second-order valence-electron chi connectivity index (χ2n) is 3.41. The molecule has 0 aliphatic carbocycles. The molecule has 0 amide bonds. The van der Waals surface area contributed by atoms with Crippen LogP contribution in [0.25, 0.3) is 0 Å². The molecule has 3 heteroatoms. The Balaban J connectivity index is 2.36. The summed E-state index contributed by atoms with van der Waals surface area (Å²) in [4.78, 5) is 0. The summed E-state index contributed by atoms with van der Waals surface area (Å²) in [5.74, 6) is 0. The van der Waals surface area contributed by atoms with Crippen LogP contribution >= 0.6 is 0 Å². The Hall–Kier alpha value is -0.380. The van der Waals surface area contributed by atoms with Gasteiger partial charge in [0.25, 0.3) is 0 Å². The predicted octanol–water partition coefficient (Wildman–Crippen LogP) is 1.12. The molecule has 1 fully saturated rings. The zero-order valence-electron chi connectivity index (χ0n) is 8.32. The number of hydrogen-bond donors (Lipinski definition) is 1. The van der Waals surface area contributed by atoms with Crippen LogP contribution in [0.5, 0.6) is 0 Å². The van der Waals surface area contributed by atoms with Gasteiger partial charge in [-0.05, 0) is 25.3 Å². The van der Waals surface area contributed by atoms with Crippen LogP contribution in [-0.2, 0) is 9.47 Å². The van der Waals surface area contributed by atoms with Crippen LogP contribution in [0, 0.1) is 0 Å². The summed E-state index contributed by atoms with van der Waals surface area (Å²) >= 11 is 0. The van der Waals surface area contributed by atoms with Crippen molar-refractivity contribution >= 4 is 0 Å². The van der Waals surface area contributed by atoms with Crippen LogP contribution in [0.3, 0.4) is 0 Å². The first-order chi connectivity index (χ1) is 6.27. The summed E-state index contributed by atoms with van der Waals surface area (Å²) in [6.07, 6.45) is 4.31. The summed E-state index contributed by atoms with van der Waals surface area (Å²) < 4.78 is 10.7. The molecule has 1 rings (SSSR count). The smallest absolute Gasteiger partial charge is 0.0817 e. The van der Waals surface area contributed by atoms with Crippen molar-refractivity contribution in [3.8, 4) is 0 Å². The van der Waals surface area contributed by atoms with Crippen molar-refractivity contribution in [2.24, 2.45) is 0 Å². The Morgan fingerprint density at radius 3 is 3.00 bits per heavy atom. The van der Waals surface area contributed by atoms with Crippen LogP contribution < -0.4 is 0 Å². The Bertz CT molecular complexity index is 177. The van der Waals surface area contributed by atoms with E-state index >= 15 is 0 Å². The third-order valence-electron chi connectivity index (χ3n) is 2.38. The van der Waals surface area contributed by atoms with Crippen molar-refractivity contribution in [3.05, 3.63) is 11.6 Å². The van der Waals surface area contributed by atoms with E-state index in [2.05, 4.69) is 0 Å². The topological polar surface area (TPSA) is 38.7 Å². The van der Waals surface area contributed by atoms with Crippen molar-refractivity contribution in [1.29, 1.82) is 0 Å². The quantitative estimate of drug-likeness (QED) is 0.669. The normalized spacial score (nSPS) is 29.6.